The zero-order valence-corrected chi connectivity index (χ0v) is 15.5. The average molecular weight is 368 g/mol. The third kappa shape index (κ3) is 2.76. The molecule has 26 heavy (non-hydrogen) atoms. The summed E-state index contributed by atoms with van der Waals surface area (Å²) in [5, 5.41) is 8.21. The Hall–Kier alpha value is -2.73. The number of aryl methyl sites for hydroxylation is 3. The molecule has 0 saturated carbocycles. The molecule has 3 aromatic rings. The molecule has 132 valence electrons. The first-order chi connectivity index (χ1) is 12.4. The van der Waals surface area contributed by atoms with Crippen molar-refractivity contribution < 1.29 is 4.79 Å². The normalized spacial score (nSPS) is 16.3. The monoisotopic (exact) mass is 367 g/mol. The Labute approximate surface area is 156 Å². The fourth-order valence-corrected chi connectivity index (χ4v) is 3.78. The molecule has 0 fully saturated rings. The van der Waals surface area contributed by atoms with Gasteiger partial charge in [-0.2, -0.15) is 9.78 Å². The highest BCUT2D eigenvalue weighted by Crippen LogP contribution is 2.41. The number of rotatable bonds is 2. The predicted molar refractivity (Wildman–Crippen MR) is 99.9 cm³/mol. The summed E-state index contributed by atoms with van der Waals surface area (Å²) < 4.78 is 1.62. The third-order valence-corrected chi connectivity index (χ3v) is 4.89. The average Bonchev–Trinajstić information content (AvgIpc) is 2.90. The molecule has 7 heteroatoms. The zero-order chi connectivity index (χ0) is 18.4. The second-order valence-corrected chi connectivity index (χ2v) is 6.94. The molecule has 0 bridgehead atoms. The van der Waals surface area contributed by atoms with Crippen LogP contribution in [0, 0.1) is 20.8 Å². The van der Waals surface area contributed by atoms with Crippen molar-refractivity contribution in [1.82, 2.24) is 19.7 Å². The largest absolute Gasteiger partial charge is 0.310 e. The van der Waals surface area contributed by atoms with Crippen molar-refractivity contribution in [3.05, 3.63) is 63.6 Å². The van der Waals surface area contributed by atoms with Gasteiger partial charge in [-0.15, -0.1) is 0 Å². The molecule has 0 spiro atoms. The van der Waals surface area contributed by atoms with Crippen molar-refractivity contribution in [2.45, 2.75) is 33.1 Å². The smallest absolute Gasteiger partial charge is 0.252 e. The maximum absolute atomic E-state index is 12.4. The summed E-state index contributed by atoms with van der Waals surface area (Å²) in [6.45, 7) is 5.75. The predicted octanol–water partition coefficient (Wildman–Crippen LogP) is 3.72. The first-order valence-corrected chi connectivity index (χ1v) is 8.78. The van der Waals surface area contributed by atoms with E-state index >= 15 is 0 Å². The molecule has 1 aliphatic rings. The van der Waals surface area contributed by atoms with E-state index in [1.165, 1.54) is 0 Å². The van der Waals surface area contributed by atoms with E-state index in [1.54, 1.807) is 4.68 Å². The summed E-state index contributed by atoms with van der Waals surface area (Å²) in [7, 11) is 0. The number of hydrogen-bond acceptors (Lipinski definition) is 4. The van der Waals surface area contributed by atoms with Crippen LogP contribution in [0.5, 0.6) is 0 Å². The van der Waals surface area contributed by atoms with Gasteiger partial charge in [0.2, 0.25) is 5.91 Å². The Bertz CT molecular complexity index is 1010. The van der Waals surface area contributed by atoms with Crippen LogP contribution in [0.15, 0.2) is 30.3 Å². The lowest BCUT2D eigenvalue weighted by Gasteiger charge is -2.24. The Morgan fingerprint density at radius 1 is 1.15 bits per heavy atom. The lowest BCUT2D eigenvalue weighted by molar-refractivity contribution is -0.116. The van der Waals surface area contributed by atoms with E-state index in [4.69, 9.17) is 11.6 Å². The SMILES string of the molecule is Cc1cc(C)nc(-n2nc(C)c3c2NC(=O)C[C@@H]3c2ccccc2Cl)n1. The number of carbonyl (C=O) groups is 1. The van der Waals surface area contributed by atoms with Crippen LogP contribution in [0.3, 0.4) is 0 Å². The van der Waals surface area contributed by atoms with Gasteiger partial charge < -0.3 is 5.32 Å². The van der Waals surface area contributed by atoms with Crippen LogP contribution in [-0.4, -0.2) is 25.7 Å². The van der Waals surface area contributed by atoms with Crippen LogP contribution in [0.1, 0.15) is 40.5 Å². The van der Waals surface area contributed by atoms with E-state index in [1.807, 2.05) is 51.1 Å². The van der Waals surface area contributed by atoms with Crippen molar-refractivity contribution in [2.24, 2.45) is 0 Å². The van der Waals surface area contributed by atoms with E-state index < -0.39 is 0 Å². The Morgan fingerprint density at radius 3 is 2.54 bits per heavy atom. The van der Waals surface area contributed by atoms with E-state index in [9.17, 15) is 4.79 Å². The molecule has 3 heterocycles. The summed E-state index contributed by atoms with van der Waals surface area (Å²) >= 11 is 6.41. The molecule has 1 N–H and O–H groups in total. The highest BCUT2D eigenvalue weighted by Gasteiger charge is 2.34. The fourth-order valence-electron chi connectivity index (χ4n) is 3.52. The zero-order valence-electron chi connectivity index (χ0n) is 14.7. The minimum absolute atomic E-state index is 0.0760. The highest BCUT2D eigenvalue weighted by molar-refractivity contribution is 6.31. The molecule has 1 amide bonds. The quantitative estimate of drug-likeness (QED) is 0.749. The lowest BCUT2D eigenvalue weighted by Crippen LogP contribution is -2.25. The van der Waals surface area contributed by atoms with Crippen LogP contribution >= 0.6 is 11.6 Å². The van der Waals surface area contributed by atoms with E-state index in [2.05, 4.69) is 20.4 Å². The van der Waals surface area contributed by atoms with Gasteiger partial charge >= 0.3 is 0 Å². The summed E-state index contributed by atoms with van der Waals surface area (Å²) in [4.78, 5) is 21.4. The number of benzene rings is 1. The molecule has 1 atom stereocenters. The minimum atomic E-state index is -0.146. The van der Waals surface area contributed by atoms with Crippen LogP contribution in [0.4, 0.5) is 5.82 Å². The summed E-state index contributed by atoms with van der Waals surface area (Å²) in [6.07, 6.45) is 0.330. The van der Waals surface area contributed by atoms with Gasteiger partial charge in [0.15, 0.2) is 0 Å². The van der Waals surface area contributed by atoms with Crippen molar-refractivity contribution in [3.8, 4) is 5.95 Å². The van der Waals surface area contributed by atoms with Gasteiger partial charge in [-0.05, 0) is 38.5 Å². The number of aromatic nitrogens is 4. The first kappa shape index (κ1) is 16.7. The second kappa shape index (κ2) is 6.21. The van der Waals surface area contributed by atoms with Gasteiger partial charge in [0.1, 0.15) is 5.82 Å². The molecule has 2 aromatic heterocycles. The third-order valence-electron chi connectivity index (χ3n) is 4.54. The van der Waals surface area contributed by atoms with Gasteiger partial charge in [-0.25, -0.2) is 9.97 Å². The molecule has 4 rings (SSSR count). The van der Waals surface area contributed by atoms with Gasteiger partial charge in [-0.3, -0.25) is 4.79 Å². The maximum Gasteiger partial charge on any atom is 0.252 e. The molecule has 1 aromatic carbocycles. The van der Waals surface area contributed by atoms with E-state index in [0.29, 0.717) is 23.2 Å². The van der Waals surface area contributed by atoms with Gasteiger partial charge in [0.05, 0.1) is 5.69 Å². The molecule has 0 radical (unpaired) electrons. The summed E-state index contributed by atoms with van der Waals surface area (Å²) in [6, 6.07) is 9.52. The number of anilines is 1. The standard InChI is InChI=1S/C19H18ClN5O/c1-10-8-11(2)22-19(21-10)25-18-17(12(3)24-25)14(9-16(26)23-18)13-6-4-5-7-15(13)20/h4-8,14H,9H2,1-3H3,(H,23,26)/t14-/m1/s1. The molecular weight excluding hydrogens is 350 g/mol. The Kier molecular flexibility index (Phi) is 4.00. The lowest BCUT2D eigenvalue weighted by atomic mass is 9.86. The molecule has 0 unspecified atom stereocenters. The molecule has 0 saturated heterocycles. The number of nitrogens with zero attached hydrogens (tertiary/aromatic N) is 4. The Morgan fingerprint density at radius 2 is 1.85 bits per heavy atom. The van der Waals surface area contributed by atoms with E-state index in [0.717, 1.165) is 28.2 Å². The van der Waals surface area contributed by atoms with Crippen molar-refractivity contribution >= 4 is 23.3 Å². The van der Waals surface area contributed by atoms with Gasteiger partial charge in [0, 0.05) is 34.3 Å². The van der Waals surface area contributed by atoms with Crippen LogP contribution in [0.25, 0.3) is 5.95 Å². The number of hydrogen-bond donors (Lipinski definition) is 1. The number of carbonyl (C=O) groups excluding carboxylic acids is 1. The number of amides is 1. The molecule has 1 aliphatic heterocycles. The number of fused-ring (bicyclic) bond motifs is 1. The topological polar surface area (TPSA) is 72.7 Å². The first-order valence-electron chi connectivity index (χ1n) is 8.40. The van der Waals surface area contributed by atoms with Gasteiger partial charge in [0.25, 0.3) is 5.95 Å². The highest BCUT2D eigenvalue weighted by atomic mass is 35.5. The molecule has 0 aliphatic carbocycles. The van der Waals surface area contributed by atoms with Crippen molar-refractivity contribution in [2.75, 3.05) is 5.32 Å². The van der Waals surface area contributed by atoms with Crippen LogP contribution in [0.2, 0.25) is 5.02 Å². The fraction of sp³-hybridized carbons (Fsp3) is 0.263. The molecular formula is C19H18ClN5O. The van der Waals surface area contributed by atoms with Crippen LogP contribution in [-0.2, 0) is 4.79 Å². The second-order valence-electron chi connectivity index (χ2n) is 6.54. The Balaban J connectivity index is 1.92. The number of halogens is 1. The summed E-state index contributed by atoms with van der Waals surface area (Å²) in [5.74, 6) is 0.848. The minimum Gasteiger partial charge on any atom is -0.310 e. The van der Waals surface area contributed by atoms with E-state index in [-0.39, 0.29) is 11.8 Å². The van der Waals surface area contributed by atoms with Crippen molar-refractivity contribution in [3.63, 3.8) is 0 Å². The van der Waals surface area contributed by atoms with Gasteiger partial charge in [-0.1, -0.05) is 29.8 Å². The molecule has 6 nitrogen and oxygen atoms in total. The van der Waals surface area contributed by atoms with Crippen LogP contribution < -0.4 is 5.32 Å². The summed E-state index contributed by atoms with van der Waals surface area (Å²) in [5.41, 5.74) is 4.40. The number of nitrogens with one attached hydrogen (secondary N) is 1. The maximum atomic E-state index is 12.4. The van der Waals surface area contributed by atoms with Crippen molar-refractivity contribution in [1.29, 1.82) is 0 Å².